The summed E-state index contributed by atoms with van der Waals surface area (Å²) in [5, 5.41) is 4.96. The minimum Gasteiger partial charge on any atom is -0.339 e. The Balaban J connectivity index is 1.85. The maximum Gasteiger partial charge on any atom is 0.232 e. The molecule has 112 valence electrons. The highest BCUT2D eigenvalue weighted by atomic mass is 35.5. The van der Waals surface area contributed by atoms with E-state index in [1.165, 1.54) is 6.42 Å². The van der Waals surface area contributed by atoms with Gasteiger partial charge in [0, 0.05) is 31.0 Å². The molecule has 0 aromatic carbocycles. The second-order valence-corrected chi connectivity index (χ2v) is 6.75. The predicted octanol–water partition coefficient (Wildman–Crippen LogP) is 3.02. The average molecular weight is 316 g/mol. The SMILES string of the molecule is Cc1nn(C)c(Cl)c1CSCC(=O)N1CCCC[C@H]1C. The fourth-order valence-electron chi connectivity index (χ4n) is 2.63. The summed E-state index contributed by atoms with van der Waals surface area (Å²) in [7, 11) is 1.84. The van der Waals surface area contributed by atoms with Crippen LogP contribution in [0.5, 0.6) is 0 Å². The summed E-state index contributed by atoms with van der Waals surface area (Å²) in [4.78, 5) is 14.2. The second kappa shape index (κ2) is 6.85. The predicted molar refractivity (Wildman–Crippen MR) is 84.1 cm³/mol. The third-order valence-corrected chi connectivity index (χ3v) is 5.28. The van der Waals surface area contributed by atoms with Crippen LogP contribution in [0, 0.1) is 6.92 Å². The average Bonchev–Trinajstić information content (AvgIpc) is 2.65. The zero-order valence-corrected chi connectivity index (χ0v) is 13.9. The van der Waals surface area contributed by atoms with Crippen molar-refractivity contribution in [2.24, 2.45) is 7.05 Å². The summed E-state index contributed by atoms with van der Waals surface area (Å²) in [5.41, 5.74) is 1.99. The van der Waals surface area contributed by atoms with Crippen LogP contribution in [0.2, 0.25) is 5.15 Å². The Morgan fingerprint density at radius 1 is 1.50 bits per heavy atom. The Kier molecular flexibility index (Phi) is 5.38. The third-order valence-electron chi connectivity index (χ3n) is 3.87. The van der Waals surface area contributed by atoms with Crippen molar-refractivity contribution in [1.29, 1.82) is 0 Å². The van der Waals surface area contributed by atoms with Gasteiger partial charge in [-0.05, 0) is 33.1 Å². The second-order valence-electron chi connectivity index (χ2n) is 5.40. The summed E-state index contributed by atoms with van der Waals surface area (Å²) < 4.78 is 1.68. The molecule has 1 fully saturated rings. The smallest absolute Gasteiger partial charge is 0.232 e. The number of aromatic nitrogens is 2. The van der Waals surface area contributed by atoms with Crippen molar-refractivity contribution in [2.75, 3.05) is 12.3 Å². The molecule has 0 N–H and O–H groups in total. The van der Waals surface area contributed by atoms with Gasteiger partial charge in [-0.2, -0.15) is 5.10 Å². The molecule has 0 aliphatic carbocycles. The van der Waals surface area contributed by atoms with Crippen molar-refractivity contribution in [3.63, 3.8) is 0 Å². The van der Waals surface area contributed by atoms with Crippen LogP contribution < -0.4 is 0 Å². The number of thioether (sulfide) groups is 1. The molecule has 0 saturated carbocycles. The number of carbonyl (C=O) groups excluding carboxylic acids is 1. The van der Waals surface area contributed by atoms with E-state index < -0.39 is 0 Å². The van der Waals surface area contributed by atoms with Gasteiger partial charge in [0.05, 0.1) is 11.4 Å². The van der Waals surface area contributed by atoms with Crippen molar-refractivity contribution in [3.05, 3.63) is 16.4 Å². The van der Waals surface area contributed by atoms with Gasteiger partial charge in [0.2, 0.25) is 5.91 Å². The highest BCUT2D eigenvalue weighted by Crippen LogP contribution is 2.24. The molecule has 0 unspecified atom stereocenters. The molecule has 1 saturated heterocycles. The van der Waals surface area contributed by atoms with Crippen LogP contribution in [0.3, 0.4) is 0 Å². The fraction of sp³-hybridized carbons (Fsp3) is 0.714. The molecule has 1 aromatic heterocycles. The van der Waals surface area contributed by atoms with E-state index in [1.807, 2.05) is 18.9 Å². The number of hydrogen-bond donors (Lipinski definition) is 0. The summed E-state index contributed by atoms with van der Waals surface area (Å²) in [5.74, 6) is 1.52. The van der Waals surface area contributed by atoms with Gasteiger partial charge in [-0.15, -0.1) is 11.8 Å². The first-order chi connectivity index (χ1) is 9.50. The molecule has 1 atom stereocenters. The van der Waals surface area contributed by atoms with Crippen LogP contribution in [0.25, 0.3) is 0 Å². The zero-order chi connectivity index (χ0) is 14.7. The largest absolute Gasteiger partial charge is 0.339 e. The lowest BCUT2D eigenvalue weighted by Crippen LogP contribution is -2.42. The van der Waals surface area contributed by atoms with E-state index >= 15 is 0 Å². The third kappa shape index (κ3) is 3.50. The lowest BCUT2D eigenvalue weighted by molar-refractivity contribution is -0.131. The van der Waals surface area contributed by atoms with Crippen LogP contribution in [-0.4, -0.2) is 38.9 Å². The normalized spacial score (nSPS) is 19.4. The Hall–Kier alpha value is -0.680. The number of nitrogens with zero attached hydrogens (tertiary/aromatic N) is 3. The van der Waals surface area contributed by atoms with E-state index in [0.717, 1.165) is 36.4 Å². The number of amides is 1. The summed E-state index contributed by atoms with van der Waals surface area (Å²) in [6, 6.07) is 0.389. The molecular formula is C14H22ClN3OS. The van der Waals surface area contributed by atoms with Crippen molar-refractivity contribution < 1.29 is 4.79 Å². The Labute approximate surface area is 129 Å². The fourth-order valence-corrected chi connectivity index (χ4v) is 3.94. The number of hydrogen-bond acceptors (Lipinski definition) is 3. The van der Waals surface area contributed by atoms with Gasteiger partial charge in [0.25, 0.3) is 0 Å². The Morgan fingerprint density at radius 3 is 2.85 bits per heavy atom. The number of rotatable bonds is 4. The molecule has 0 bridgehead atoms. The minimum absolute atomic E-state index is 0.250. The monoisotopic (exact) mass is 315 g/mol. The van der Waals surface area contributed by atoms with E-state index in [9.17, 15) is 4.79 Å². The van der Waals surface area contributed by atoms with E-state index in [0.29, 0.717) is 16.9 Å². The summed E-state index contributed by atoms with van der Waals surface area (Å²) in [6.07, 6.45) is 3.50. The molecule has 6 heteroatoms. The van der Waals surface area contributed by atoms with Crippen LogP contribution >= 0.6 is 23.4 Å². The first-order valence-corrected chi connectivity index (χ1v) is 8.59. The minimum atomic E-state index is 0.250. The number of piperidine rings is 1. The van der Waals surface area contributed by atoms with Gasteiger partial charge in [-0.1, -0.05) is 11.6 Å². The zero-order valence-electron chi connectivity index (χ0n) is 12.4. The van der Waals surface area contributed by atoms with Crippen LogP contribution in [0.4, 0.5) is 0 Å². The number of halogens is 1. The standard InChI is InChI=1S/C14H22ClN3OS/c1-10-6-4-5-7-18(10)13(19)9-20-8-12-11(2)16-17(3)14(12)15/h10H,4-9H2,1-3H3/t10-/m1/s1. The summed E-state index contributed by atoms with van der Waals surface area (Å²) in [6.45, 7) is 5.01. The highest BCUT2D eigenvalue weighted by molar-refractivity contribution is 7.99. The van der Waals surface area contributed by atoms with Gasteiger partial charge in [0.15, 0.2) is 0 Å². The molecule has 1 aliphatic rings. The van der Waals surface area contributed by atoms with Crippen molar-refractivity contribution in [3.8, 4) is 0 Å². The van der Waals surface area contributed by atoms with E-state index in [4.69, 9.17) is 11.6 Å². The number of likely N-dealkylation sites (tertiary alicyclic amines) is 1. The molecule has 1 amide bonds. The topological polar surface area (TPSA) is 38.1 Å². The molecule has 0 radical (unpaired) electrons. The molecule has 1 aromatic rings. The molecule has 2 rings (SSSR count). The molecule has 2 heterocycles. The van der Waals surface area contributed by atoms with E-state index in [2.05, 4.69) is 12.0 Å². The molecular weight excluding hydrogens is 294 g/mol. The lowest BCUT2D eigenvalue weighted by atomic mass is 10.0. The lowest BCUT2D eigenvalue weighted by Gasteiger charge is -2.33. The van der Waals surface area contributed by atoms with Crippen molar-refractivity contribution >= 4 is 29.3 Å². The van der Waals surface area contributed by atoms with Crippen LogP contribution in [-0.2, 0) is 17.6 Å². The van der Waals surface area contributed by atoms with Gasteiger partial charge < -0.3 is 4.90 Å². The molecule has 20 heavy (non-hydrogen) atoms. The highest BCUT2D eigenvalue weighted by Gasteiger charge is 2.23. The maximum absolute atomic E-state index is 12.2. The molecule has 1 aliphatic heterocycles. The first-order valence-electron chi connectivity index (χ1n) is 7.06. The number of aryl methyl sites for hydroxylation is 2. The van der Waals surface area contributed by atoms with E-state index in [-0.39, 0.29) is 5.91 Å². The van der Waals surface area contributed by atoms with Gasteiger partial charge in [-0.3, -0.25) is 9.48 Å². The Morgan fingerprint density at radius 2 is 2.25 bits per heavy atom. The van der Waals surface area contributed by atoms with Crippen LogP contribution in [0.15, 0.2) is 0 Å². The first kappa shape index (κ1) is 15.7. The molecule has 4 nitrogen and oxygen atoms in total. The molecule has 0 spiro atoms. The van der Waals surface area contributed by atoms with Gasteiger partial charge in [0.1, 0.15) is 5.15 Å². The van der Waals surface area contributed by atoms with Gasteiger partial charge >= 0.3 is 0 Å². The maximum atomic E-state index is 12.2. The quantitative estimate of drug-likeness (QED) is 0.857. The van der Waals surface area contributed by atoms with E-state index in [1.54, 1.807) is 16.4 Å². The van der Waals surface area contributed by atoms with Crippen molar-refractivity contribution in [1.82, 2.24) is 14.7 Å². The summed E-state index contributed by atoms with van der Waals surface area (Å²) >= 11 is 7.82. The number of carbonyl (C=O) groups is 1. The van der Waals surface area contributed by atoms with Crippen LogP contribution in [0.1, 0.15) is 37.4 Å². The van der Waals surface area contributed by atoms with Crippen molar-refractivity contribution in [2.45, 2.75) is 44.9 Å². The Bertz CT molecular complexity index is 489. The van der Waals surface area contributed by atoms with Gasteiger partial charge in [-0.25, -0.2) is 0 Å².